The molecule has 0 atom stereocenters. The quantitative estimate of drug-likeness (QED) is 0.430. The number of nitrogens with one attached hydrogen (secondary N) is 2. The minimum Gasteiger partial charge on any atom is -0.350 e. The molecule has 0 spiro atoms. The van der Waals surface area contributed by atoms with Crippen molar-refractivity contribution in [1.29, 1.82) is 0 Å². The molecule has 1 heterocycles. The fraction of sp³-hybridized carbons (Fsp3) is 0.115. The van der Waals surface area contributed by atoms with Crippen LogP contribution in [0.25, 0.3) is 0 Å². The second kappa shape index (κ2) is 9.33. The fourth-order valence-electron chi connectivity index (χ4n) is 3.56. The molecule has 1 aliphatic rings. The lowest BCUT2D eigenvalue weighted by molar-refractivity contribution is -0.120. The van der Waals surface area contributed by atoms with Gasteiger partial charge >= 0.3 is 0 Å². The molecule has 1 aliphatic heterocycles. The number of amides is 3. The van der Waals surface area contributed by atoms with Gasteiger partial charge in [0.25, 0.3) is 17.7 Å². The number of carbonyl (C=O) groups excluding carboxylic acids is 3. The van der Waals surface area contributed by atoms with E-state index in [-0.39, 0.29) is 16.6 Å². The summed E-state index contributed by atoms with van der Waals surface area (Å²) in [6, 6.07) is 17.2. The summed E-state index contributed by atoms with van der Waals surface area (Å²) >= 11 is 12.3. The Balaban J connectivity index is 1.56. The Kier molecular flexibility index (Phi) is 6.46. The normalized spacial score (nSPS) is 13.5. The van der Waals surface area contributed by atoms with Gasteiger partial charge in [0.05, 0.1) is 5.69 Å². The Hall–Kier alpha value is -3.61. The Labute approximate surface area is 207 Å². The van der Waals surface area contributed by atoms with E-state index >= 15 is 0 Å². The summed E-state index contributed by atoms with van der Waals surface area (Å²) in [7, 11) is 0. The molecule has 0 aromatic heterocycles. The molecule has 0 saturated carbocycles. The molecule has 0 aliphatic carbocycles. The van der Waals surface area contributed by atoms with Gasteiger partial charge in [-0.2, -0.15) is 0 Å². The van der Waals surface area contributed by atoms with Crippen LogP contribution < -0.4 is 15.5 Å². The van der Waals surface area contributed by atoms with E-state index in [0.717, 1.165) is 16.0 Å². The van der Waals surface area contributed by atoms with Crippen molar-refractivity contribution in [3.8, 4) is 0 Å². The van der Waals surface area contributed by atoms with Gasteiger partial charge in [0.15, 0.2) is 0 Å². The van der Waals surface area contributed by atoms with E-state index in [0.29, 0.717) is 33.2 Å². The van der Waals surface area contributed by atoms with E-state index in [1.165, 1.54) is 6.07 Å². The first-order valence-electron chi connectivity index (χ1n) is 10.5. The van der Waals surface area contributed by atoms with Gasteiger partial charge in [-0.1, -0.05) is 41.4 Å². The summed E-state index contributed by atoms with van der Waals surface area (Å²) in [5.41, 5.74) is 4.68. The third-order valence-corrected chi connectivity index (χ3v) is 6.18. The minimum atomic E-state index is -0.650. The van der Waals surface area contributed by atoms with Crippen molar-refractivity contribution in [1.82, 2.24) is 0 Å². The molecule has 3 aromatic carbocycles. The minimum absolute atomic E-state index is 0.0715. The number of imide groups is 1. The van der Waals surface area contributed by atoms with Crippen molar-refractivity contribution < 1.29 is 14.4 Å². The van der Waals surface area contributed by atoms with Crippen molar-refractivity contribution in [2.75, 3.05) is 15.5 Å². The van der Waals surface area contributed by atoms with E-state index < -0.39 is 11.8 Å². The summed E-state index contributed by atoms with van der Waals surface area (Å²) in [4.78, 5) is 39.6. The average Bonchev–Trinajstić information content (AvgIpc) is 3.01. The van der Waals surface area contributed by atoms with Crippen molar-refractivity contribution in [3.63, 3.8) is 0 Å². The Morgan fingerprint density at radius 2 is 1.53 bits per heavy atom. The number of anilines is 3. The predicted molar refractivity (Wildman–Crippen MR) is 135 cm³/mol. The van der Waals surface area contributed by atoms with E-state index in [4.69, 9.17) is 23.2 Å². The molecule has 0 fully saturated rings. The van der Waals surface area contributed by atoms with Gasteiger partial charge < -0.3 is 10.6 Å². The summed E-state index contributed by atoms with van der Waals surface area (Å²) in [5, 5.41) is 5.92. The van der Waals surface area contributed by atoms with Gasteiger partial charge in [0.1, 0.15) is 10.7 Å². The molecule has 34 heavy (non-hydrogen) atoms. The highest BCUT2D eigenvalue weighted by atomic mass is 35.5. The maximum atomic E-state index is 13.1. The lowest BCUT2D eigenvalue weighted by Crippen LogP contribution is -2.32. The third kappa shape index (κ3) is 4.55. The molecular weight excluding hydrogens is 473 g/mol. The van der Waals surface area contributed by atoms with Gasteiger partial charge in [-0.25, -0.2) is 4.90 Å². The zero-order valence-electron chi connectivity index (χ0n) is 18.7. The highest BCUT2D eigenvalue weighted by molar-refractivity contribution is 6.53. The number of nitrogens with zero attached hydrogens (tertiary/aromatic N) is 1. The topological polar surface area (TPSA) is 78.5 Å². The van der Waals surface area contributed by atoms with E-state index in [9.17, 15) is 14.4 Å². The molecular formula is C26H21Cl2N3O3. The first kappa shape index (κ1) is 23.5. The molecule has 0 saturated heterocycles. The lowest BCUT2D eigenvalue weighted by Gasteiger charge is -2.18. The van der Waals surface area contributed by atoms with Gasteiger partial charge in [0, 0.05) is 22.0 Å². The van der Waals surface area contributed by atoms with Crippen LogP contribution in [0, 0.1) is 20.8 Å². The smallest absolute Gasteiger partial charge is 0.283 e. The van der Waals surface area contributed by atoms with Crippen LogP contribution in [0.5, 0.6) is 0 Å². The number of rotatable bonds is 5. The lowest BCUT2D eigenvalue weighted by atomic mass is 10.1. The summed E-state index contributed by atoms with van der Waals surface area (Å²) in [6.45, 7) is 5.74. The highest BCUT2D eigenvalue weighted by Crippen LogP contribution is 2.33. The van der Waals surface area contributed by atoms with Crippen LogP contribution in [0.1, 0.15) is 27.0 Å². The molecule has 3 aromatic rings. The standard InChI is InChI=1S/C26H21Cl2N3O3/c1-14-8-10-20(11-16(14)3)30-24(32)17-5-4-6-19(12-17)29-23-22(28)25(33)31(26(23)34)21-13-18(27)9-7-15(21)2/h4-13,29H,1-3H3,(H,30,32). The number of benzene rings is 3. The van der Waals surface area contributed by atoms with Gasteiger partial charge in [-0.15, -0.1) is 0 Å². The molecule has 8 heteroatoms. The number of hydrogen-bond donors (Lipinski definition) is 2. The Morgan fingerprint density at radius 1 is 0.794 bits per heavy atom. The van der Waals surface area contributed by atoms with Crippen molar-refractivity contribution in [2.24, 2.45) is 0 Å². The molecule has 0 bridgehead atoms. The number of carbonyl (C=O) groups is 3. The molecule has 0 unspecified atom stereocenters. The summed E-state index contributed by atoms with van der Waals surface area (Å²) < 4.78 is 0. The zero-order valence-corrected chi connectivity index (χ0v) is 20.2. The third-order valence-electron chi connectivity index (χ3n) is 5.60. The summed E-state index contributed by atoms with van der Waals surface area (Å²) in [6.07, 6.45) is 0. The van der Waals surface area contributed by atoms with Crippen LogP contribution in [0.15, 0.2) is 71.4 Å². The van der Waals surface area contributed by atoms with Crippen molar-refractivity contribution in [2.45, 2.75) is 20.8 Å². The first-order valence-corrected chi connectivity index (χ1v) is 11.2. The Morgan fingerprint density at radius 3 is 2.26 bits per heavy atom. The van der Waals surface area contributed by atoms with E-state index in [2.05, 4.69) is 10.6 Å². The van der Waals surface area contributed by atoms with Gasteiger partial charge in [0.2, 0.25) is 0 Å². The van der Waals surface area contributed by atoms with E-state index in [1.807, 2.05) is 32.0 Å². The maximum absolute atomic E-state index is 13.1. The largest absolute Gasteiger partial charge is 0.350 e. The zero-order chi connectivity index (χ0) is 24.6. The number of hydrogen-bond acceptors (Lipinski definition) is 4. The maximum Gasteiger partial charge on any atom is 0.283 e. The molecule has 2 N–H and O–H groups in total. The molecule has 3 amide bonds. The SMILES string of the molecule is Cc1ccc(NC(=O)c2cccc(NC3=C(Cl)C(=O)N(c4cc(Cl)ccc4C)C3=O)c2)cc1C. The molecule has 172 valence electrons. The monoisotopic (exact) mass is 493 g/mol. The number of halogens is 2. The van der Waals surface area contributed by atoms with Gasteiger partial charge in [-0.05, 0) is 79.9 Å². The molecule has 6 nitrogen and oxygen atoms in total. The van der Waals surface area contributed by atoms with Crippen molar-refractivity contribution in [3.05, 3.63) is 98.7 Å². The Bertz CT molecular complexity index is 1380. The predicted octanol–water partition coefficient (Wildman–Crippen LogP) is 5.95. The van der Waals surface area contributed by atoms with Crippen LogP contribution in [0.2, 0.25) is 5.02 Å². The second-order valence-corrected chi connectivity index (χ2v) is 8.84. The van der Waals surface area contributed by atoms with Crippen LogP contribution in [0.3, 0.4) is 0 Å². The van der Waals surface area contributed by atoms with E-state index in [1.54, 1.807) is 43.3 Å². The fourth-order valence-corrected chi connectivity index (χ4v) is 3.94. The van der Waals surface area contributed by atoms with Crippen LogP contribution in [-0.4, -0.2) is 17.7 Å². The molecule has 0 radical (unpaired) electrons. The van der Waals surface area contributed by atoms with Crippen LogP contribution >= 0.6 is 23.2 Å². The number of aryl methyl sites for hydroxylation is 3. The van der Waals surface area contributed by atoms with Crippen molar-refractivity contribution >= 4 is 58.0 Å². The second-order valence-electron chi connectivity index (χ2n) is 8.02. The first-order chi connectivity index (χ1) is 16.2. The molecule has 4 rings (SSSR count). The van der Waals surface area contributed by atoms with Gasteiger partial charge in [-0.3, -0.25) is 14.4 Å². The highest BCUT2D eigenvalue weighted by Gasteiger charge is 2.39. The summed E-state index contributed by atoms with van der Waals surface area (Å²) in [5.74, 6) is -1.56. The van der Waals surface area contributed by atoms with Crippen LogP contribution in [0.4, 0.5) is 17.1 Å². The van der Waals surface area contributed by atoms with Crippen LogP contribution in [-0.2, 0) is 9.59 Å². The average molecular weight is 494 g/mol.